The highest BCUT2D eigenvalue weighted by Crippen LogP contribution is 2.38. The molecule has 2 N–H and O–H groups in total. The number of aryl methyl sites for hydroxylation is 2. The van der Waals surface area contributed by atoms with E-state index in [1.807, 2.05) is 36.4 Å². The van der Waals surface area contributed by atoms with E-state index in [0.717, 1.165) is 79.9 Å². The number of aromatic amines is 2. The lowest BCUT2D eigenvalue weighted by Crippen LogP contribution is -1.90. The molecule has 7 aromatic rings. The van der Waals surface area contributed by atoms with Crippen LogP contribution in [0.5, 0.6) is 0 Å². The van der Waals surface area contributed by atoms with Crippen LogP contribution in [-0.4, -0.2) is 39.9 Å². The maximum Gasteiger partial charge on any atom is 0.164 e. The minimum Gasteiger partial charge on any atom is -0.324 e. The Balaban J connectivity index is 1.47. The molecule has 8 nitrogen and oxygen atoms in total. The summed E-state index contributed by atoms with van der Waals surface area (Å²) in [4.78, 5) is 37.8. The predicted molar refractivity (Wildman–Crippen MR) is 184 cm³/mol. The van der Waals surface area contributed by atoms with Gasteiger partial charge in [-0.25, -0.2) is 29.9 Å². The van der Waals surface area contributed by atoms with Gasteiger partial charge in [0.05, 0.1) is 0 Å². The van der Waals surface area contributed by atoms with Crippen molar-refractivity contribution in [2.75, 3.05) is 0 Å². The van der Waals surface area contributed by atoms with E-state index in [0.29, 0.717) is 34.6 Å². The zero-order valence-electron chi connectivity index (χ0n) is 25.6. The maximum absolute atomic E-state index is 5.25. The van der Waals surface area contributed by atoms with Crippen LogP contribution in [0.4, 0.5) is 0 Å². The number of hydrogen-bond donors (Lipinski definition) is 2. The number of fused-ring (bicyclic) bond motifs is 20. The van der Waals surface area contributed by atoms with Crippen molar-refractivity contribution in [3.8, 4) is 45.6 Å². The molecule has 4 aromatic carbocycles. The second-order valence-electron chi connectivity index (χ2n) is 12.0. The fourth-order valence-electron chi connectivity index (χ4n) is 6.78. The van der Waals surface area contributed by atoms with Gasteiger partial charge in [0.15, 0.2) is 23.3 Å². The highest BCUT2D eigenvalue weighted by Gasteiger charge is 2.22. The molecule has 46 heavy (non-hydrogen) atoms. The molecule has 0 spiro atoms. The summed E-state index contributed by atoms with van der Waals surface area (Å²) in [5.74, 6) is 2.46. The summed E-state index contributed by atoms with van der Waals surface area (Å²) < 4.78 is 0. The van der Waals surface area contributed by atoms with Gasteiger partial charge in [0.25, 0.3) is 0 Å². The molecule has 0 saturated heterocycles. The van der Waals surface area contributed by atoms with E-state index in [1.165, 1.54) is 12.0 Å². The van der Waals surface area contributed by atoms with Crippen LogP contribution in [0, 0.1) is 6.92 Å². The molecule has 8 bridgehead atoms. The van der Waals surface area contributed by atoms with Crippen LogP contribution in [0.25, 0.3) is 89.7 Å². The van der Waals surface area contributed by atoms with Gasteiger partial charge >= 0.3 is 0 Å². The van der Waals surface area contributed by atoms with E-state index in [9.17, 15) is 0 Å². The largest absolute Gasteiger partial charge is 0.324 e. The number of rotatable bonds is 4. The first-order valence-electron chi connectivity index (χ1n) is 15.9. The predicted octanol–water partition coefficient (Wildman–Crippen LogP) is 8.91. The van der Waals surface area contributed by atoms with Crippen LogP contribution in [0.2, 0.25) is 0 Å². The number of H-pyrrole nitrogens is 2. The zero-order valence-corrected chi connectivity index (χ0v) is 25.6. The lowest BCUT2D eigenvalue weighted by Gasteiger charge is -2.05. The third-order valence-electron chi connectivity index (χ3n) is 9.05. The van der Waals surface area contributed by atoms with Crippen molar-refractivity contribution in [2.24, 2.45) is 0 Å². The van der Waals surface area contributed by atoms with E-state index in [2.05, 4.69) is 72.3 Å². The smallest absolute Gasteiger partial charge is 0.164 e. The summed E-state index contributed by atoms with van der Waals surface area (Å²) in [5.41, 5.74) is 9.02. The highest BCUT2D eigenvalue weighted by atomic mass is 15.1. The Hall–Kier alpha value is -5.76. The molecule has 3 aromatic heterocycles. The lowest BCUT2D eigenvalue weighted by atomic mass is 9.99. The van der Waals surface area contributed by atoms with E-state index >= 15 is 0 Å². The summed E-state index contributed by atoms with van der Waals surface area (Å²) in [6.07, 6.45) is 4.41. The van der Waals surface area contributed by atoms with Crippen molar-refractivity contribution in [3.63, 3.8) is 0 Å². The fourth-order valence-corrected chi connectivity index (χ4v) is 6.78. The van der Waals surface area contributed by atoms with E-state index < -0.39 is 0 Å². The Morgan fingerprint density at radius 2 is 0.935 bits per heavy atom. The molecule has 5 heterocycles. The van der Waals surface area contributed by atoms with E-state index in [1.54, 1.807) is 0 Å². The number of unbranched alkanes of at least 4 members (excludes halogenated alkanes) is 2. The first-order valence-corrected chi connectivity index (χ1v) is 15.9. The molecule has 0 amide bonds. The fraction of sp³-hybridized carbons (Fsp3) is 0.158. The summed E-state index contributed by atoms with van der Waals surface area (Å²) in [6.45, 7) is 4.37. The molecular formula is C38H30N8. The summed E-state index contributed by atoms with van der Waals surface area (Å²) in [6, 6.07) is 28.9. The second kappa shape index (κ2) is 10.4. The van der Waals surface area contributed by atoms with E-state index in [4.69, 9.17) is 29.9 Å². The van der Waals surface area contributed by atoms with Gasteiger partial charge in [-0.3, -0.25) is 0 Å². The van der Waals surface area contributed by atoms with Gasteiger partial charge in [-0.15, -0.1) is 0 Å². The molecule has 0 aliphatic carbocycles. The van der Waals surface area contributed by atoms with Crippen molar-refractivity contribution in [1.82, 2.24) is 39.9 Å². The molecule has 2 aliphatic heterocycles. The van der Waals surface area contributed by atoms with Crippen molar-refractivity contribution >= 4 is 44.1 Å². The van der Waals surface area contributed by atoms with E-state index in [-0.39, 0.29) is 0 Å². The lowest BCUT2D eigenvalue weighted by molar-refractivity contribution is 0.720. The van der Waals surface area contributed by atoms with Crippen LogP contribution in [0.15, 0.2) is 84.9 Å². The van der Waals surface area contributed by atoms with Crippen LogP contribution >= 0.6 is 0 Å². The zero-order chi connectivity index (χ0) is 30.8. The van der Waals surface area contributed by atoms with Crippen LogP contribution in [0.3, 0.4) is 0 Å². The molecule has 2 aliphatic rings. The van der Waals surface area contributed by atoms with Crippen molar-refractivity contribution < 1.29 is 0 Å². The number of aromatic nitrogens is 8. The Kier molecular flexibility index (Phi) is 6.03. The Bertz CT molecular complexity index is 2520. The molecule has 222 valence electrons. The quantitative estimate of drug-likeness (QED) is 0.196. The van der Waals surface area contributed by atoms with Crippen LogP contribution in [0.1, 0.15) is 37.3 Å². The molecular weight excluding hydrogens is 568 g/mol. The van der Waals surface area contributed by atoms with Gasteiger partial charge in [-0.05, 0) is 30.9 Å². The number of nitrogens with zero attached hydrogens (tertiary/aromatic N) is 6. The number of benzene rings is 4. The van der Waals surface area contributed by atoms with Crippen LogP contribution < -0.4 is 0 Å². The minimum absolute atomic E-state index is 0.608. The number of hydrogen-bond acceptors (Lipinski definition) is 6. The topological polar surface area (TPSA) is 109 Å². The van der Waals surface area contributed by atoms with Gasteiger partial charge < -0.3 is 9.97 Å². The summed E-state index contributed by atoms with van der Waals surface area (Å²) in [5, 5.41) is 4.07. The van der Waals surface area contributed by atoms with Gasteiger partial charge in [0.2, 0.25) is 0 Å². The van der Waals surface area contributed by atoms with Gasteiger partial charge in [0, 0.05) is 43.8 Å². The molecule has 0 saturated carbocycles. The average Bonchev–Trinajstić information content (AvgIpc) is 3.82. The second-order valence-corrected chi connectivity index (χ2v) is 12.0. The molecule has 9 rings (SSSR count). The SMILES string of the molecule is CCCCCc1ccc(C)c2c3nc4nc(nc5[nH]c(nc6nc(nc([nH]3)c12)-c1ccccc1-6)c1ccccc51)-c1ccccc1-4. The maximum atomic E-state index is 5.25. The highest BCUT2D eigenvalue weighted by molar-refractivity contribution is 6.09. The summed E-state index contributed by atoms with van der Waals surface area (Å²) >= 11 is 0. The molecule has 0 radical (unpaired) electrons. The first kappa shape index (κ1) is 26.6. The third-order valence-corrected chi connectivity index (χ3v) is 9.05. The average molecular weight is 599 g/mol. The van der Waals surface area contributed by atoms with Gasteiger partial charge in [-0.2, -0.15) is 0 Å². The first-order chi connectivity index (χ1) is 22.7. The Morgan fingerprint density at radius 3 is 1.46 bits per heavy atom. The molecule has 8 heteroatoms. The monoisotopic (exact) mass is 598 g/mol. The normalized spacial score (nSPS) is 12.0. The van der Waals surface area contributed by atoms with Crippen molar-refractivity contribution in [1.29, 1.82) is 0 Å². The number of nitrogens with one attached hydrogen (secondary N) is 2. The Morgan fingerprint density at radius 1 is 0.478 bits per heavy atom. The van der Waals surface area contributed by atoms with Crippen molar-refractivity contribution in [3.05, 3.63) is 96.1 Å². The molecule has 0 fully saturated rings. The molecule has 0 unspecified atom stereocenters. The van der Waals surface area contributed by atoms with Gasteiger partial charge in [0.1, 0.15) is 22.6 Å². The standard InChI is InChI=1S/C38H30N8/c1-3-4-5-12-22-20-19-21(2)29-30(22)38-45-36-28-18-11-9-16-26(28)34(43-36)41-32-24-14-7-6-13-23(24)31(39-32)40-33-25-15-8-10-17-27(25)35(42-33)44-37(29)46-38/h6-11,13-20H,3-5,12H2,1-2H3,(H2,39,40,41,42,43,44,45,46). The Labute approximate surface area is 264 Å². The summed E-state index contributed by atoms with van der Waals surface area (Å²) in [7, 11) is 0. The molecule has 0 atom stereocenters. The van der Waals surface area contributed by atoms with Crippen LogP contribution in [-0.2, 0) is 6.42 Å². The van der Waals surface area contributed by atoms with Gasteiger partial charge in [-0.1, -0.05) is 105 Å². The third kappa shape index (κ3) is 4.14. The van der Waals surface area contributed by atoms with Crippen molar-refractivity contribution in [2.45, 2.75) is 39.5 Å². The minimum atomic E-state index is 0.608.